The van der Waals surface area contributed by atoms with Gasteiger partial charge in [-0.2, -0.15) is 0 Å². The molecule has 0 saturated heterocycles. The Bertz CT molecular complexity index is 717. The van der Waals surface area contributed by atoms with Crippen LogP contribution in [0.4, 0.5) is 0 Å². The molecule has 1 amide bonds. The van der Waals surface area contributed by atoms with E-state index in [9.17, 15) is 4.79 Å². The Morgan fingerprint density at radius 3 is 2.68 bits per heavy atom. The van der Waals surface area contributed by atoms with Crippen molar-refractivity contribution < 1.29 is 9.21 Å². The number of carbonyl (C=O) groups excluding carboxylic acids is 1. The molecule has 0 aliphatic carbocycles. The van der Waals surface area contributed by atoms with Crippen molar-refractivity contribution in [2.24, 2.45) is 0 Å². The van der Waals surface area contributed by atoms with Crippen LogP contribution in [0, 0.1) is 0 Å². The predicted octanol–water partition coefficient (Wildman–Crippen LogP) is 4.26. The minimum absolute atomic E-state index is 0.0473. The lowest BCUT2D eigenvalue weighted by molar-refractivity contribution is -0.121. The van der Waals surface area contributed by atoms with Crippen molar-refractivity contribution in [3.8, 4) is 10.4 Å². The van der Waals surface area contributed by atoms with Gasteiger partial charge in [0.05, 0.1) is 12.8 Å². The molecule has 0 saturated carbocycles. The Hall–Kier alpha value is -2.33. The van der Waals surface area contributed by atoms with Gasteiger partial charge < -0.3 is 9.73 Å². The number of hydrogen-bond donors (Lipinski definition) is 1. The number of nitrogens with one attached hydrogen (secondary N) is 1. The first kappa shape index (κ1) is 14.6. The van der Waals surface area contributed by atoms with Gasteiger partial charge in [-0.3, -0.25) is 4.79 Å². The highest BCUT2D eigenvalue weighted by atomic mass is 32.1. The second-order valence-corrected chi connectivity index (χ2v) is 6.16. The van der Waals surface area contributed by atoms with E-state index >= 15 is 0 Å². The van der Waals surface area contributed by atoms with Gasteiger partial charge in [-0.25, -0.2) is 0 Å². The molecule has 4 heteroatoms. The monoisotopic (exact) mass is 311 g/mol. The smallest absolute Gasteiger partial charge is 0.220 e. The van der Waals surface area contributed by atoms with Crippen molar-refractivity contribution in [2.45, 2.75) is 19.4 Å². The molecule has 3 nitrogen and oxygen atoms in total. The van der Waals surface area contributed by atoms with Gasteiger partial charge in [-0.15, -0.1) is 11.3 Å². The summed E-state index contributed by atoms with van der Waals surface area (Å²) < 4.78 is 5.22. The third-order valence-corrected chi connectivity index (χ3v) is 4.49. The second kappa shape index (κ2) is 7.09. The van der Waals surface area contributed by atoms with Crippen molar-refractivity contribution in [2.75, 3.05) is 0 Å². The summed E-state index contributed by atoms with van der Waals surface area (Å²) in [6.07, 6.45) is 2.72. The van der Waals surface area contributed by atoms with Crippen LogP contribution in [0.25, 0.3) is 10.4 Å². The third kappa shape index (κ3) is 3.86. The fourth-order valence-corrected chi connectivity index (χ4v) is 3.15. The molecule has 3 rings (SSSR count). The van der Waals surface area contributed by atoms with Gasteiger partial charge in [0.2, 0.25) is 5.91 Å². The molecule has 3 aromatic rings. The summed E-state index contributed by atoms with van der Waals surface area (Å²) in [7, 11) is 0. The number of aryl methyl sites for hydroxylation is 1. The average Bonchev–Trinajstić information content (AvgIpc) is 3.23. The van der Waals surface area contributed by atoms with E-state index in [1.165, 1.54) is 10.4 Å². The molecule has 0 radical (unpaired) electrons. The van der Waals surface area contributed by atoms with E-state index < -0.39 is 0 Å². The second-order valence-electron chi connectivity index (χ2n) is 4.99. The number of carbonyl (C=O) groups is 1. The average molecular weight is 311 g/mol. The molecular weight excluding hydrogens is 294 g/mol. The van der Waals surface area contributed by atoms with E-state index in [4.69, 9.17) is 4.42 Å². The van der Waals surface area contributed by atoms with Crippen molar-refractivity contribution in [1.82, 2.24) is 5.32 Å². The zero-order valence-corrected chi connectivity index (χ0v) is 12.9. The highest BCUT2D eigenvalue weighted by molar-refractivity contribution is 7.15. The number of benzene rings is 1. The molecule has 0 atom stereocenters. The number of amides is 1. The fraction of sp³-hybridized carbons (Fsp3) is 0.167. The van der Waals surface area contributed by atoms with Crippen LogP contribution in [0.2, 0.25) is 0 Å². The van der Waals surface area contributed by atoms with Crippen molar-refractivity contribution in [1.29, 1.82) is 0 Å². The zero-order chi connectivity index (χ0) is 15.2. The summed E-state index contributed by atoms with van der Waals surface area (Å²) in [4.78, 5) is 14.2. The van der Waals surface area contributed by atoms with E-state index in [1.807, 2.05) is 30.3 Å². The predicted molar refractivity (Wildman–Crippen MR) is 88.6 cm³/mol. The Labute approximate surface area is 133 Å². The van der Waals surface area contributed by atoms with E-state index in [0.29, 0.717) is 19.4 Å². The van der Waals surface area contributed by atoms with Gasteiger partial charge in [0.1, 0.15) is 5.76 Å². The molecule has 22 heavy (non-hydrogen) atoms. The van der Waals surface area contributed by atoms with Crippen LogP contribution < -0.4 is 5.32 Å². The highest BCUT2D eigenvalue weighted by Crippen LogP contribution is 2.27. The van der Waals surface area contributed by atoms with Crippen LogP contribution in [0.1, 0.15) is 17.1 Å². The largest absolute Gasteiger partial charge is 0.469 e. The third-order valence-electron chi connectivity index (χ3n) is 3.36. The molecule has 2 aromatic heterocycles. The first-order valence-corrected chi connectivity index (χ1v) is 8.06. The zero-order valence-electron chi connectivity index (χ0n) is 12.1. The molecular formula is C18H17NO2S. The van der Waals surface area contributed by atoms with E-state index in [1.54, 1.807) is 17.6 Å². The Morgan fingerprint density at radius 2 is 1.91 bits per heavy atom. The molecule has 0 aliphatic heterocycles. The molecule has 0 spiro atoms. The molecule has 1 aromatic carbocycles. The van der Waals surface area contributed by atoms with Crippen LogP contribution in [0.5, 0.6) is 0 Å². The van der Waals surface area contributed by atoms with Crippen LogP contribution >= 0.6 is 11.3 Å². The molecule has 112 valence electrons. The maximum atomic E-state index is 11.8. The van der Waals surface area contributed by atoms with Crippen molar-refractivity contribution in [3.63, 3.8) is 0 Å². The van der Waals surface area contributed by atoms with Gasteiger partial charge >= 0.3 is 0 Å². The molecule has 2 heterocycles. The first-order chi connectivity index (χ1) is 10.8. The van der Waals surface area contributed by atoms with Crippen LogP contribution in [-0.2, 0) is 17.8 Å². The Kier molecular flexibility index (Phi) is 4.71. The van der Waals surface area contributed by atoms with Gasteiger partial charge in [-0.05, 0) is 29.8 Å². The van der Waals surface area contributed by atoms with Crippen LogP contribution in [0.15, 0.2) is 65.3 Å². The summed E-state index contributed by atoms with van der Waals surface area (Å²) in [5.74, 6) is 0.892. The minimum Gasteiger partial charge on any atom is -0.469 e. The lowest BCUT2D eigenvalue weighted by atomic mass is 10.2. The molecule has 1 N–H and O–H groups in total. The van der Waals surface area contributed by atoms with Gasteiger partial charge in [0, 0.05) is 22.6 Å². The van der Waals surface area contributed by atoms with E-state index in [0.717, 1.165) is 10.6 Å². The maximum Gasteiger partial charge on any atom is 0.220 e. The fourth-order valence-electron chi connectivity index (χ4n) is 2.20. The van der Waals surface area contributed by atoms with Gasteiger partial charge in [0.25, 0.3) is 0 Å². The molecule has 0 bridgehead atoms. The van der Waals surface area contributed by atoms with Gasteiger partial charge in [0.15, 0.2) is 0 Å². The molecule has 0 aliphatic rings. The summed E-state index contributed by atoms with van der Waals surface area (Å²) in [6.45, 7) is 0.578. The van der Waals surface area contributed by atoms with Crippen LogP contribution in [0.3, 0.4) is 0 Å². The number of furan rings is 1. The lowest BCUT2D eigenvalue weighted by Crippen LogP contribution is -2.22. The number of hydrogen-bond acceptors (Lipinski definition) is 3. The van der Waals surface area contributed by atoms with Gasteiger partial charge in [-0.1, -0.05) is 30.3 Å². The first-order valence-electron chi connectivity index (χ1n) is 7.24. The normalized spacial score (nSPS) is 10.5. The Morgan fingerprint density at radius 1 is 1.05 bits per heavy atom. The number of thiophene rings is 1. The standard InChI is InChI=1S/C18H17NO2S/c20-18(11-8-15-7-4-12-21-15)19-13-16-9-10-17(22-16)14-5-2-1-3-6-14/h1-7,9-10,12H,8,11,13H2,(H,19,20). The summed E-state index contributed by atoms with van der Waals surface area (Å²) in [5, 5.41) is 2.96. The summed E-state index contributed by atoms with van der Waals surface area (Å²) in [5.41, 5.74) is 1.21. The molecule has 0 unspecified atom stereocenters. The summed E-state index contributed by atoms with van der Waals surface area (Å²) in [6, 6.07) is 18.2. The quantitative estimate of drug-likeness (QED) is 0.739. The topological polar surface area (TPSA) is 42.2 Å². The lowest BCUT2D eigenvalue weighted by Gasteiger charge is -2.02. The molecule has 0 fully saturated rings. The highest BCUT2D eigenvalue weighted by Gasteiger charge is 2.06. The van der Waals surface area contributed by atoms with E-state index in [-0.39, 0.29) is 5.91 Å². The van der Waals surface area contributed by atoms with Crippen LogP contribution in [-0.4, -0.2) is 5.91 Å². The summed E-state index contributed by atoms with van der Waals surface area (Å²) >= 11 is 1.71. The van der Waals surface area contributed by atoms with E-state index in [2.05, 4.69) is 29.6 Å². The SMILES string of the molecule is O=C(CCc1ccco1)NCc1ccc(-c2ccccc2)s1. The van der Waals surface area contributed by atoms with Crippen molar-refractivity contribution >= 4 is 17.2 Å². The maximum absolute atomic E-state index is 11.8. The van der Waals surface area contributed by atoms with Crippen molar-refractivity contribution in [3.05, 3.63) is 71.5 Å². The minimum atomic E-state index is 0.0473. The Balaban J connectivity index is 1.49. The number of rotatable bonds is 6.